The molecule has 1 aromatic heterocycles. The third-order valence-electron chi connectivity index (χ3n) is 5.78. The summed E-state index contributed by atoms with van der Waals surface area (Å²) in [5.41, 5.74) is 2.50. The fourth-order valence-electron chi connectivity index (χ4n) is 4.31. The number of carbonyl (C=O) groups is 2. The number of benzene rings is 2. The molecular formula is C26H26BrFN2O2S. The van der Waals surface area contributed by atoms with E-state index in [-0.39, 0.29) is 36.1 Å². The van der Waals surface area contributed by atoms with E-state index < -0.39 is 0 Å². The summed E-state index contributed by atoms with van der Waals surface area (Å²) in [6.45, 7) is 5.10. The van der Waals surface area contributed by atoms with Gasteiger partial charge < -0.3 is 9.80 Å². The van der Waals surface area contributed by atoms with Gasteiger partial charge in [0.25, 0.3) is 5.91 Å². The molecule has 33 heavy (non-hydrogen) atoms. The van der Waals surface area contributed by atoms with Gasteiger partial charge in [0.15, 0.2) is 0 Å². The molecule has 1 aliphatic heterocycles. The van der Waals surface area contributed by atoms with Crippen LogP contribution in [0.1, 0.15) is 46.3 Å². The minimum absolute atomic E-state index is 0.00445. The molecule has 2 heterocycles. The van der Waals surface area contributed by atoms with E-state index in [2.05, 4.69) is 15.9 Å². The largest absolute Gasteiger partial charge is 0.330 e. The number of hydrogen-bond acceptors (Lipinski definition) is 3. The number of fused-ring (bicyclic) bond motifs is 1. The van der Waals surface area contributed by atoms with Gasteiger partial charge in [0.05, 0.1) is 11.6 Å². The van der Waals surface area contributed by atoms with E-state index in [1.54, 1.807) is 34.4 Å². The van der Waals surface area contributed by atoms with Gasteiger partial charge in [-0.1, -0.05) is 38.1 Å². The molecular weight excluding hydrogens is 503 g/mol. The number of carbonyl (C=O) groups excluding carboxylic acids is 2. The summed E-state index contributed by atoms with van der Waals surface area (Å²) in [6.07, 6.45) is 0.777. The van der Waals surface area contributed by atoms with E-state index in [1.165, 1.54) is 17.0 Å². The normalized spacial score (nSPS) is 15.4. The third-order valence-corrected chi connectivity index (χ3v) is 7.46. The average Bonchev–Trinajstić information content (AvgIpc) is 3.27. The fourth-order valence-corrected chi connectivity index (χ4v) is 5.67. The summed E-state index contributed by atoms with van der Waals surface area (Å²) < 4.78 is 14.3. The zero-order valence-corrected chi connectivity index (χ0v) is 21.0. The second kappa shape index (κ2) is 10.2. The van der Waals surface area contributed by atoms with E-state index in [0.29, 0.717) is 23.1 Å². The minimum Gasteiger partial charge on any atom is -0.330 e. The van der Waals surface area contributed by atoms with Crippen molar-refractivity contribution in [2.45, 2.75) is 26.3 Å². The van der Waals surface area contributed by atoms with Crippen LogP contribution in [0.25, 0.3) is 0 Å². The number of nitrogens with zero attached hydrogens (tertiary/aromatic N) is 2. The molecule has 4 rings (SSSR count). The Morgan fingerprint density at radius 3 is 2.58 bits per heavy atom. The summed E-state index contributed by atoms with van der Waals surface area (Å²) in [7, 11) is 0. The zero-order chi connectivity index (χ0) is 23.5. The van der Waals surface area contributed by atoms with Gasteiger partial charge in [-0.05, 0) is 75.1 Å². The second-order valence-electron chi connectivity index (χ2n) is 8.65. The van der Waals surface area contributed by atoms with Crippen LogP contribution in [-0.2, 0) is 11.2 Å². The van der Waals surface area contributed by atoms with E-state index in [9.17, 15) is 14.0 Å². The first kappa shape index (κ1) is 23.6. The van der Waals surface area contributed by atoms with Gasteiger partial charge in [-0.25, -0.2) is 4.39 Å². The number of amides is 2. The highest BCUT2D eigenvalue weighted by molar-refractivity contribution is 9.10. The van der Waals surface area contributed by atoms with Crippen molar-refractivity contribution in [1.82, 2.24) is 9.80 Å². The highest BCUT2D eigenvalue weighted by Crippen LogP contribution is 2.38. The van der Waals surface area contributed by atoms with Crippen molar-refractivity contribution in [2.75, 3.05) is 19.6 Å². The second-order valence-corrected chi connectivity index (χ2v) is 10.5. The summed E-state index contributed by atoms with van der Waals surface area (Å²) >= 11 is 5.15. The molecule has 4 nitrogen and oxygen atoms in total. The van der Waals surface area contributed by atoms with Crippen LogP contribution >= 0.6 is 27.3 Å². The van der Waals surface area contributed by atoms with Crippen LogP contribution < -0.4 is 0 Å². The zero-order valence-electron chi connectivity index (χ0n) is 18.6. The van der Waals surface area contributed by atoms with E-state index in [4.69, 9.17) is 0 Å². The Kier molecular flexibility index (Phi) is 7.29. The maximum atomic E-state index is 13.6. The van der Waals surface area contributed by atoms with Gasteiger partial charge >= 0.3 is 0 Å². The molecule has 0 saturated heterocycles. The highest BCUT2D eigenvalue weighted by atomic mass is 79.9. The molecule has 2 aromatic carbocycles. The van der Waals surface area contributed by atoms with Crippen molar-refractivity contribution in [1.29, 1.82) is 0 Å². The van der Waals surface area contributed by atoms with Crippen molar-refractivity contribution in [3.63, 3.8) is 0 Å². The number of hydrogen-bond donors (Lipinski definition) is 0. The number of thiophene rings is 1. The van der Waals surface area contributed by atoms with Crippen molar-refractivity contribution in [2.24, 2.45) is 5.92 Å². The molecule has 172 valence electrons. The first-order chi connectivity index (χ1) is 15.8. The maximum absolute atomic E-state index is 13.6. The molecule has 1 aliphatic rings. The van der Waals surface area contributed by atoms with Gasteiger partial charge in [-0.3, -0.25) is 9.59 Å². The topological polar surface area (TPSA) is 40.6 Å². The molecule has 2 amide bonds. The SMILES string of the molecule is CC(C)CN(CC(=O)N1CCc2sccc2C1c1ccc(F)cc1)C(=O)c1ccccc1Br. The van der Waals surface area contributed by atoms with Gasteiger partial charge in [0, 0.05) is 22.4 Å². The predicted molar refractivity (Wildman–Crippen MR) is 133 cm³/mol. The lowest BCUT2D eigenvalue weighted by Gasteiger charge is -2.38. The highest BCUT2D eigenvalue weighted by Gasteiger charge is 2.34. The quantitative estimate of drug-likeness (QED) is 0.398. The monoisotopic (exact) mass is 528 g/mol. The summed E-state index contributed by atoms with van der Waals surface area (Å²) in [4.78, 5) is 31.7. The van der Waals surface area contributed by atoms with Crippen LogP contribution in [0.5, 0.6) is 0 Å². The summed E-state index contributed by atoms with van der Waals surface area (Å²) in [5.74, 6) is -0.375. The van der Waals surface area contributed by atoms with Crippen molar-refractivity contribution in [3.8, 4) is 0 Å². The lowest BCUT2D eigenvalue weighted by Crippen LogP contribution is -2.47. The van der Waals surface area contributed by atoms with Gasteiger partial charge in [0.1, 0.15) is 12.4 Å². The number of rotatable bonds is 6. The number of halogens is 2. The molecule has 0 aliphatic carbocycles. The summed E-state index contributed by atoms with van der Waals surface area (Å²) in [5, 5.41) is 2.04. The van der Waals surface area contributed by atoms with Crippen molar-refractivity contribution in [3.05, 3.63) is 91.8 Å². The van der Waals surface area contributed by atoms with Crippen LogP contribution in [-0.4, -0.2) is 41.2 Å². The first-order valence-electron chi connectivity index (χ1n) is 11.0. The van der Waals surface area contributed by atoms with Gasteiger partial charge in [0.2, 0.25) is 5.91 Å². The van der Waals surface area contributed by atoms with Crippen LogP contribution in [0.3, 0.4) is 0 Å². The Morgan fingerprint density at radius 1 is 1.15 bits per heavy atom. The smallest absolute Gasteiger partial charge is 0.255 e. The molecule has 0 fully saturated rings. The Labute approximate surface area is 206 Å². The molecule has 0 bridgehead atoms. The standard InChI is InChI=1S/C26H26BrFN2O2S/c1-17(2)15-29(26(32)20-5-3-4-6-22(20)27)16-24(31)30-13-11-23-21(12-14-33-23)25(30)18-7-9-19(28)10-8-18/h3-10,12,14,17,25H,11,13,15-16H2,1-2H3. The molecule has 0 radical (unpaired) electrons. The molecule has 0 saturated carbocycles. The lowest BCUT2D eigenvalue weighted by molar-refractivity contribution is -0.134. The molecule has 3 aromatic rings. The Balaban J connectivity index is 1.63. The Hall–Kier alpha value is -2.51. The lowest BCUT2D eigenvalue weighted by atomic mass is 9.93. The maximum Gasteiger partial charge on any atom is 0.255 e. The van der Waals surface area contributed by atoms with Crippen LogP contribution in [0, 0.1) is 11.7 Å². The molecule has 7 heteroatoms. The van der Waals surface area contributed by atoms with Crippen LogP contribution in [0.15, 0.2) is 64.5 Å². The van der Waals surface area contributed by atoms with E-state index in [1.807, 2.05) is 48.4 Å². The fraction of sp³-hybridized carbons (Fsp3) is 0.308. The minimum atomic E-state index is -0.305. The predicted octanol–water partition coefficient (Wildman–Crippen LogP) is 5.92. The van der Waals surface area contributed by atoms with Crippen molar-refractivity contribution >= 4 is 39.1 Å². The molecule has 1 unspecified atom stereocenters. The molecule has 0 spiro atoms. The van der Waals surface area contributed by atoms with Crippen molar-refractivity contribution < 1.29 is 14.0 Å². The summed E-state index contributed by atoms with van der Waals surface area (Å²) in [6, 6.07) is 15.4. The first-order valence-corrected chi connectivity index (χ1v) is 12.7. The molecule has 0 N–H and O–H groups in total. The van der Waals surface area contributed by atoms with E-state index in [0.717, 1.165) is 17.5 Å². The average molecular weight is 529 g/mol. The van der Waals surface area contributed by atoms with Gasteiger partial charge in [-0.2, -0.15) is 0 Å². The van der Waals surface area contributed by atoms with Crippen LogP contribution in [0.2, 0.25) is 0 Å². The Morgan fingerprint density at radius 2 is 1.88 bits per heavy atom. The van der Waals surface area contributed by atoms with Gasteiger partial charge in [-0.15, -0.1) is 11.3 Å². The molecule has 1 atom stereocenters. The third kappa shape index (κ3) is 5.20. The Bertz CT molecular complexity index is 1150. The van der Waals surface area contributed by atoms with Crippen LogP contribution in [0.4, 0.5) is 4.39 Å². The van der Waals surface area contributed by atoms with E-state index >= 15 is 0 Å².